The Bertz CT molecular complexity index is 439. The Morgan fingerprint density at radius 1 is 1.31 bits per heavy atom. The van der Waals surface area contributed by atoms with Crippen LogP contribution >= 0.6 is 11.6 Å². The molecule has 0 radical (unpaired) electrons. The fourth-order valence-corrected chi connectivity index (χ4v) is 1.92. The number of halogens is 1. The summed E-state index contributed by atoms with van der Waals surface area (Å²) in [7, 11) is 0. The van der Waals surface area contributed by atoms with Gasteiger partial charge in [-0.15, -0.1) is 21.8 Å². The van der Waals surface area contributed by atoms with Gasteiger partial charge >= 0.3 is 0 Å². The Hall–Kier alpha value is -1.35. The Labute approximate surface area is 100 Å². The first-order valence-corrected chi connectivity index (χ1v) is 5.82. The SMILES string of the molecule is CC(Cn1cnnc1CCl)c1ccccc1. The molecule has 1 heterocycles. The molecule has 2 rings (SSSR count). The average Bonchev–Trinajstić information content (AvgIpc) is 2.77. The number of hydrogen-bond donors (Lipinski definition) is 0. The molecule has 1 unspecified atom stereocenters. The van der Waals surface area contributed by atoms with Crippen molar-refractivity contribution < 1.29 is 0 Å². The van der Waals surface area contributed by atoms with E-state index in [-0.39, 0.29) is 0 Å². The summed E-state index contributed by atoms with van der Waals surface area (Å²) in [5, 5.41) is 7.83. The van der Waals surface area contributed by atoms with Gasteiger partial charge in [0.1, 0.15) is 12.2 Å². The Morgan fingerprint density at radius 3 is 2.75 bits per heavy atom. The molecule has 16 heavy (non-hydrogen) atoms. The fraction of sp³-hybridized carbons (Fsp3) is 0.333. The molecule has 0 aliphatic rings. The van der Waals surface area contributed by atoms with Crippen LogP contribution in [0.3, 0.4) is 0 Å². The standard InChI is InChI=1S/C12H14ClN3/c1-10(11-5-3-2-4-6-11)8-16-9-14-15-12(16)7-13/h2-6,9-10H,7-8H2,1H3. The predicted octanol–water partition coefficient (Wildman–Crippen LogP) is 2.82. The minimum absolute atomic E-state index is 0.404. The lowest BCUT2D eigenvalue weighted by atomic mass is 10.0. The Kier molecular flexibility index (Phi) is 3.57. The van der Waals surface area contributed by atoms with Gasteiger partial charge in [0.25, 0.3) is 0 Å². The van der Waals surface area contributed by atoms with Gasteiger partial charge in [-0.1, -0.05) is 37.3 Å². The monoisotopic (exact) mass is 235 g/mol. The average molecular weight is 236 g/mol. The zero-order valence-electron chi connectivity index (χ0n) is 9.18. The number of aromatic nitrogens is 3. The first-order chi connectivity index (χ1) is 7.81. The molecule has 0 aliphatic carbocycles. The van der Waals surface area contributed by atoms with Crippen LogP contribution < -0.4 is 0 Å². The highest BCUT2D eigenvalue weighted by molar-refractivity contribution is 6.16. The van der Waals surface area contributed by atoms with Gasteiger partial charge < -0.3 is 4.57 Å². The second kappa shape index (κ2) is 5.12. The molecule has 0 fully saturated rings. The molecule has 1 aromatic carbocycles. The highest BCUT2D eigenvalue weighted by atomic mass is 35.5. The normalized spacial score (nSPS) is 12.6. The van der Waals surface area contributed by atoms with E-state index in [0.29, 0.717) is 11.8 Å². The molecule has 84 valence electrons. The Morgan fingerprint density at radius 2 is 2.06 bits per heavy atom. The molecule has 4 heteroatoms. The minimum atomic E-state index is 0.404. The topological polar surface area (TPSA) is 30.7 Å². The van der Waals surface area contributed by atoms with Gasteiger partial charge in [0, 0.05) is 6.54 Å². The van der Waals surface area contributed by atoms with Crippen molar-refractivity contribution >= 4 is 11.6 Å². The van der Waals surface area contributed by atoms with Gasteiger partial charge in [0.2, 0.25) is 0 Å². The summed E-state index contributed by atoms with van der Waals surface area (Å²) in [5.41, 5.74) is 1.32. The maximum atomic E-state index is 5.78. The summed E-state index contributed by atoms with van der Waals surface area (Å²) >= 11 is 5.78. The summed E-state index contributed by atoms with van der Waals surface area (Å²) in [4.78, 5) is 0. The number of nitrogens with zero attached hydrogens (tertiary/aromatic N) is 3. The molecule has 1 aromatic heterocycles. The van der Waals surface area contributed by atoms with Crippen LogP contribution in [0.25, 0.3) is 0 Å². The highest BCUT2D eigenvalue weighted by Crippen LogP contribution is 2.17. The molecular weight excluding hydrogens is 222 g/mol. The van der Waals surface area contributed by atoms with Gasteiger partial charge in [-0.3, -0.25) is 0 Å². The first-order valence-electron chi connectivity index (χ1n) is 5.29. The van der Waals surface area contributed by atoms with Crippen LogP contribution in [0.1, 0.15) is 24.2 Å². The van der Waals surface area contributed by atoms with Crippen molar-refractivity contribution in [2.75, 3.05) is 0 Å². The van der Waals surface area contributed by atoms with E-state index in [2.05, 4.69) is 41.4 Å². The molecule has 0 amide bonds. The van der Waals surface area contributed by atoms with E-state index in [1.54, 1.807) is 6.33 Å². The zero-order valence-corrected chi connectivity index (χ0v) is 9.93. The molecule has 0 bridgehead atoms. The lowest BCUT2D eigenvalue weighted by Gasteiger charge is -2.13. The van der Waals surface area contributed by atoms with Gasteiger partial charge in [-0.2, -0.15) is 0 Å². The molecule has 0 saturated carbocycles. The molecule has 1 atom stereocenters. The van der Waals surface area contributed by atoms with Gasteiger partial charge in [0.05, 0.1) is 5.88 Å². The van der Waals surface area contributed by atoms with Crippen molar-refractivity contribution in [2.45, 2.75) is 25.3 Å². The van der Waals surface area contributed by atoms with E-state index in [1.165, 1.54) is 5.56 Å². The van der Waals surface area contributed by atoms with Crippen molar-refractivity contribution in [3.8, 4) is 0 Å². The van der Waals surface area contributed by atoms with E-state index < -0.39 is 0 Å². The third-order valence-corrected chi connectivity index (χ3v) is 2.89. The van der Waals surface area contributed by atoms with Crippen LogP contribution in [0.5, 0.6) is 0 Å². The van der Waals surface area contributed by atoms with E-state index in [4.69, 9.17) is 11.6 Å². The largest absolute Gasteiger partial charge is 0.316 e. The second-order valence-corrected chi connectivity index (χ2v) is 4.11. The number of benzene rings is 1. The van der Waals surface area contributed by atoms with Crippen LogP contribution in [0.15, 0.2) is 36.7 Å². The lowest BCUT2D eigenvalue weighted by Crippen LogP contribution is -2.08. The summed E-state index contributed by atoms with van der Waals surface area (Å²) in [6, 6.07) is 10.4. The lowest BCUT2D eigenvalue weighted by molar-refractivity contribution is 0.581. The highest BCUT2D eigenvalue weighted by Gasteiger charge is 2.09. The van der Waals surface area contributed by atoms with Crippen molar-refractivity contribution in [3.63, 3.8) is 0 Å². The van der Waals surface area contributed by atoms with Crippen molar-refractivity contribution in [3.05, 3.63) is 48.0 Å². The number of rotatable bonds is 4. The quantitative estimate of drug-likeness (QED) is 0.763. The van der Waals surface area contributed by atoms with Crippen molar-refractivity contribution in [1.82, 2.24) is 14.8 Å². The van der Waals surface area contributed by atoms with E-state index in [9.17, 15) is 0 Å². The van der Waals surface area contributed by atoms with Crippen LogP contribution in [0.2, 0.25) is 0 Å². The molecular formula is C12H14ClN3. The molecule has 3 nitrogen and oxygen atoms in total. The number of hydrogen-bond acceptors (Lipinski definition) is 2. The third-order valence-electron chi connectivity index (χ3n) is 2.65. The molecule has 0 aliphatic heterocycles. The second-order valence-electron chi connectivity index (χ2n) is 3.84. The van der Waals surface area contributed by atoms with E-state index in [0.717, 1.165) is 12.4 Å². The van der Waals surface area contributed by atoms with Crippen LogP contribution in [-0.2, 0) is 12.4 Å². The Balaban J connectivity index is 2.11. The summed E-state index contributed by atoms with van der Waals surface area (Å²) in [5.74, 6) is 1.66. The molecule has 0 N–H and O–H groups in total. The van der Waals surface area contributed by atoms with Gasteiger partial charge in [-0.25, -0.2) is 0 Å². The van der Waals surface area contributed by atoms with Crippen LogP contribution in [0.4, 0.5) is 0 Å². The van der Waals surface area contributed by atoms with Gasteiger partial charge in [-0.05, 0) is 11.5 Å². The first kappa shape index (κ1) is 11.1. The smallest absolute Gasteiger partial charge is 0.147 e. The fourth-order valence-electron chi connectivity index (χ4n) is 1.72. The zero-order chi connectivity index (χ0) is 11.4. The molecule has 0 saturated heterocycles. The summed E-state index contributed by atoms with van der Waals surface area (Å²) in [6.07, 6.45) is 1.73. The maximum Gasteiger partial charge on any atom is 0.147 e. The van der Waals surface area contributed by atoms with Crippen molar-refractivity contribution in [1.29, 1.82) is 0 Å². The van der Waals surface area contributed by atoms with Crippen LogP contribution in [-0.4, -0.2) is 14.8 Å². The van der Waals surface area contributed by atoms with Gasteiger partial charge in [0.15, 0.2) is 0 Å². The third kappa shape index (κ3) is 2.42. The summed E-state index contributed by atoms with van der Waals surface area (Å²) < 4.78 is 2.00. The molecule has 2 aromatic rings. The van der Waals surface area contributed by atoms with E-state index >= 15 is 0 Å². The molecule has 0 spiro atoms. The predicted molar refractivity (Wildman–Crippen MR) is 64.4 cm³/mol. The van der Waals surface area contributed by atoms with E-state index in [1.807, 2.05) is 10.6 Å². The van der Waals surface area contributed by atoms with Crippen molar-refractivity contribution in [2.24, 2.45) is 0 Å². The minimum Gasteiger partial charge on any atom is -0.316 e. The maximum absolute atomic E-state index is 5.78. The summed E-state index contributed by atoms with van der Waals surface area (Å²) in [6.45, 7) is 3.05. The van der Waals surface area contributed by atoms with Crippen LogP contribution in [0, 0.1) is 0 Å². The number of alkyl halides is 1.